The molecule has 0 radical (unpaired) electrons. The fraction of sp³-hybridized carbons (Fsp3) is 0.182. The van der Waals surface area contributed by atoms with Crippen molar-refractivity contribution >= 4 is 23.0 Å². The number of nitro benzene ring substituents is 1. The van der Waals surface area contributed by atoms with Gasteiger partial charge < -0.3 is 5.73 Å². The summed E-state index contributed by atoms with van der Waals surface area (Å²) >= 11 is 5.90. The predicted molar refractivity (Wildman–Crippen MR) is 65.1 cm³/mol. The molecular formula is C11H10ClN3O2. The van der Waals surface area contributed by atoms with E-state index in [0.29, 0.717) is 6.42 Å². The van der Waals surface area contributed by atoms with Gasteiger partial charge in [0.15, 0.2) is 0 Å². The van der Waals surface area contributed by atoms with Gasteiger partial charge in [0, 0.05) is 6.07 Å². The molecule has 0 heterocycles. The Morgan fingerprint density at radius 1 is 1.65 bits per heavy atom. The normalized spacial score (nSPS) is 11.6. The molecule has 0 saturated carbocycles. The van der Waals surface area contributed by atoms with E-state index in [9.17, 15) is 10.1 Å². The van der Waals surface area contributed by atoms with Gasteiger partial charge in [0.2, 0.25) is 0 Å². The van der Waals surface area contributed by atoms with E-state index in [-0.39, 0.29) is 27.5 Å². The number of hydrogen-bond acceptors (Lipinski definition) is 4. The van der Waals surface area contributed by atoms with Crippen LogP contribution in [0.5, 0.6) is 0 Å². The smallest absolute Gasteiger partial charge is 0.280 e. The molecule has 88 valence electrons. The molecule has 2 N–H and O–H groups in total. The number of nitrogens with zero attached hydrogens (tertiary/aromatic N) is 2. The minimum atomic E-state index is -0.571. The van der Waals surface area contributed by atoms with Crippen molar-refractivity contribution in [1.29, 1.82) is 5.26 Å². The number of benzene rings is 1. The van der Waals surface area contributed by atoms with Crippen molar-refractivity contribution in [1.82, 2.24) is 0 Å². The molecule has 0 spiro atoms. The molecule has 0 bridgehead atoms. The Bertz CT molecular complexity index is 532. The summed E-state index contributed by atoms with van der Waals surface area (Å²) in [5.74, 6) is 0. The van der Waals surface area contributed by atoms with Gasteiger partial charge in [-0.2, -0.15) is 5.26 Å². The molecule has 1 aromatic rings. The molecule has 0 aliphatic heterocycles. The summed E-state index contributed by atoms with van der Waals surface area (Å²) in [5.41, 5.74) is 6.02. The highest BCUT2D eigenvalue weighted by molar-refractivity contribution is 6.32. The van der Waals surface area contributed by atoms with E-state index < -0.39 is 4.92 Å². The number of rotatable bonds is 3. The van der Waals surface area contributed by atoms with Gasteiger partial charge >= 0.3 is 0 Å². The van der Waals surface area contributed by atoms with E-state index in [1.807, 2.05) is 6.07 Å². The van der Waals surface area contributed by atoms with Gasteiger partial charge in [-0.15, -0.1) is 0 Å². The van der Waals surface area contributed by atoms with Crippen LogP contribution >= 0.6 is 11.6 Å². The first kappa shape index (κ1) is 13.0. The van der Waals surface area contributed by atoms with E-state index in [4.69, 9.17) is 22.6 Å². The van der Waals surface area contributed by atoms with Crippen LogP contribution < -0.4 is 5.73 Å². The third-order valence-corrected chi connectivity index (χ3v) is 2.59. The Morgan fingerprint density at radius 2 is 2.29 bits per heavy atom. The number of nitriles is 1. The van der Waals surface area contributed by atoms with Gasteiger partial charge in [-0.1, -0.05) is 24.6 Å². The zero-order chi connectivity index (χ0) is 13.0. The first-order valence-electron chi connectivity index (χ1n) is 4.84. The lowest BCUT2D eigenvalue weighted by atomic mass is 10.0. The number of nitro groups is 1. The highest BCUT2D eigenvalue weighted by atomic mass is 35.5. The van der Waals surface area contributed by atoms with Crippen molar-refractivity contribution in [2.24, 2.45) is 5.73 Å². The maximum absolute atomic E-state index is 10.9. The van der Waals surface area contributed by atoms with Gasteiger partial charge in [-0.25, -0.2) is 0 Å². The van der Waals surface area contributed by atoms with E-state index in [0.717, 1.165) is 0 Å². The third kappa shape index (κ3) is 2.55. The Labute approximate surface area is 103 Å². The van der Waals surface area contributed by atoms with Gasteiger partial charge in [0.25, 0.3) is 5.69 Å². The van der Waals surface area contributed by atoms with Crippen LogP contribution in [0.1, 0.15) is 18.9 Å². The highest BCUT2D eigenvalue weighted by Crippen LogP contribution is 2.32. The highest BCUT2D eigenvalue weighted by Gasteiger charge is 2.20. The molecule has 1 rings (SSSR count). The summed E-state index contributed by atoms with van der Waals surface area (Å²) in [4.78, 5) is 10.3. The maximum Gasteiger partial charge on any atom is 0.280 e. The molecule has 17 heavy (non-hydrogen) atoms. The van der Waals surface area contributed by atoms with Crippen LogP contribution in [0.3, 0.4) is 0 Å². The zero-order valence-electron chi connectivity index (χ0n) is 9.11. The summed E-state index contributed by atoms with van der Waals surface area (Å²) in [6, 6.07) is 6.19. The van der Waals surface area contributed by atoms with E-state index >= 15 is 0 Å². The molecule has 0 fully saturated rings. The quantitative estimate of drug-likeness (QED) is 0.508. The van der Waals surface area contributed by atoms with Crippen molar-refractivity contribution in [3.05, 3.63) is 44.5 Å². The average molecular weight is 252 g/mol. The van der Waals surface area contributed by atoms with Crippen LogP contribution in [0.25, 0.3) is 5.70 Å². The standard InChI is InChI=1S/C11H10ClN3O2/c1-2-7(6-13)11(14)10-8(12)4-3-5-9(10)15(16)17/h3-5H,2,14H2,1H3/b11-7-. The topological polar surface area (TPSA) is 93.0 Å². The molecule has 0 aliphatic carbocycles. The van der Waals surface area contributed by atoms with Crippen molar-refractivity contribution in [3.8, 4) is 6.07 Å². The first-order valence-corrected chi connectivity index (χ1v) is 5.22. The first-order chi connectivity index (χ1) is 8.02. The molecular weight excluding hydrogens is 242 g/mol. The van der Waals surface area contributed by atoms with Crippen molar-refractivity contribution in [2.45, 2.75) is 13.3 Å². The summed E-state index contributed by atoms with van der Waals surface area (Å²) < 4.78 is 0. The SMILES string of the molecule is CC/C(C#N)=C(/N)c1c(Cl)cccc1[N+](=O)[O-]. The lowest BCUT2D eigenvalue weighted by Gasteiger charge is -2.07. The molecule has 0 aromatic heterocycles. The molecule has 0 amide bonds. The minimum absolute atomic E-state index is 0.0623. The van der Waals surface area contributed by atoms with Crippen molar-refractivity contribution in [2.75, 3.05) is 0 Å². The lowest BCUT2D eigenvalue weighted by molar-refractivity contribution is -0.385. The molecule has 0 unspecified atom stereocenters. The molecule has 5 nitrogen and oxygen atoms in total. The van der Waals surface area contributed by atoms with Crippen LogP contribution in [0.2, 0.25) is 5.02 Å². The van der Waals surface area contributed by atoms with Crippen molar-refractivity contribution in [3.63, 3.8) is 0 Å². The van der Waals surface area contributed by atoms with Crippen LogP contribution in [-0.2, 0) is 0 Å². The van der Waals surface area contributed by atoms with E-state index in [1.54, 1.807) is 6.92 Å². The van der Waals surface area contributed by atoms with Gasteiger partial charge in [0.05, 0.1) is 32.8 Å². The molecule has 6 heteroatoms. The summed E-state index contributed by atoms with van der Waals surface area (Å²) in [6.45, 7) is 1.74. The van der Waals surface area contributed by atoms with Gasteiger partial charge in [0.1, 0.15) is 0 Å². The fourth-order valence-electron chi connectivity index (χ4n) is 1.41. The largest absolute Gasteiger partial charge is 0.397 e. The van der Waals surface area contributed by atoms with Gasteiger partial charge in [-0.05, 0) is 12.5 Å². The maximum atomic E-state index is 10.9. The number of nitrogens with two attached hydrogens (primary N) is 1. The molecule has 1 aromatic carbocycles. The summed E-state index contributed by atoms with van der Waals surface area (Å²) in [5, 5.41) is 19.9. The predicted octanol–water partition coefficient (Wildman–Crippen LogP) is 2.85. The summed E-state index contributed by atoms with van der Waals surface area (Å²) in [6.07, 6.45) is 0.394. The Balaban J connectivity index is 3.56. The van der Waals surface area contributed by atoms with Crippen LogP contribution in [0.4, 0.5) is 5.69 Å². The number of halogens is 1. The molecule has 0 saturated heterocycles. The molecule has 0 aliphatic rings. The summed E-state index contributed by atoms with van der Waals surface area (Å²) in [7, 11) is 0. The Morgan fingerprint density at radius 3 is 2.76 bits per heavy atom. The Hall–Kier alpha value is -2.06. The second-order valence-electron chi connectivity index (χ2n) is 3.25. The average Bonchev–Trinajstić information content (AvgIpc) is 2.29. The van der Waals surface area contributed by atoms with Crippen LogP contribution in [0.15, 0.2) is 23.8 Å². The monoisotopic (exact) mass is 251 g/mol. The van der Waals surface area contributed by atoms with E-state index in [1.165, 1.54) is 18.2 Å². The van der Waals surface area contributed by atoms with Crippen LogP contribution in [-0.4, -0.2) is 4.92 Å². The van der Waals surface area contributed by atoms with Crippen LogP contribution in [0, 0.1) is 21.4 Å². The second-order valence-corrected chi connectivity index (χ2v) is 3.66. The fourth-order valence-corrected chi connectivity index (χ4v) is 1.68. The Kier molecular flexibility index (Phi) is 4.07. The number of allylic oxidation sites excluding steroid dienone is 1. The minimum Gasteiger partial charge on any atom is -0.397 e. The lowest BCUT2D eigenvalue weighted by Crippen LogP contribution is -2.05. The second kappa shape index (κ2) is 5.32. The zero-order valence-corrected chi connectivity index (χ0v) is 9.86. The van der Waals surface area contributed by atoms with E-state index in [2.05, 4.69) is 0 Å². The van der Waals surface area contributed by atoms with Crippen molar-refractivity contribution < 1.29 is 4.92 Å². The third-order valence-electron chi connectivity index (χ3n) is 2.27. The van der Waals surface area contributed by atoms with Gasteiger partial charge in [-0.3, -0.25) is 10.1 Å². The molecule has 0 atom stereocenters. The number of hydrogen-bond donors (Lipinski definition) is 1.